The molecule has 1 rings (SSSR count). The lowest BCUT2D eigenvalue weighted by Gasteiger charge is -2.45. The quantitative estimate of drug-likeness (QED) is 0.580. The van der Waals surface area contributed by atoms with Crippen LogP contribution >= 0.6 is 0 Å². The molecule has 9 heteroatoms. The van der Waals surface area contributed by atoms with Crippen molar-refractivity contribution in [2.45, 2.75) is 64.0 Å². The Labute approximate surface area is 138 Å². The predicted octanol–water partition coefficient (Wildman–Crippen LogP) is 0.811. The maximum absolute atomic E-state index is 14.3. The van der Waals surface area contributed by atoms with E-state index in [2.05, 4.69) is 4.74 Å². The number of alkyl halides is 2. The minimum absolute atomic E-state index is 0.131. The third kappa shape index (κ3) is 4.20. The molecule has 7 nitrogen and oxygen atoms in total. The first-order valence-electron chi connectivity index (χ1n) is 7.82. The van der Waals surface area contributed by atoms with Crippen molar-refractivity contribution in [1.29, 1.82) is 0 Å². The second kappa shape index (κ2) is 8.17. The SMILES string of the molecule is CCCC(=O)OC[C@@H](O)[C@@H](O)C1OC(F)(C(=O)O)C(F)C(C)C1C. The van der Waals surface area contributed by atoms with Crippen LogP contribution in [0.15, 0.2) is 0 Å². The van der Waals surface area contributed by atoms with Gasteiger partial charge >= 0.3 is 17.8 Å². The number of aliphatic hydroxyl groups is 2. The number of halogens is 2. The van der Waals surface area contributed by atoms with Gasteiger partial charge in [0.25, 0.3) is 0 Å². The number of carboxylic acid groups (broad SMARTS) is 1. The van der Waals surface area contributed by atoms with E-state index in [1.54, 1.807) is 6.92 Å². The average molecular weight is 354 g/mol. The summed E-state index contributed by atoms with van der Waals surface area (Å²) in [6, 6.07) is 0. The fourth-order valence-corrected chi connectivity index (χ4v) is 2.60. The molecule has 1 heterocycles. The maximum atomic E-state index is 14.3. The van der Waals surface area contributed by atoms with Gasteiger partial charge in [0, 0.05) is 6.42 Å². The van der Waals surface area contributed by atoms with E-state index >= 15 is 0 Å². The first-order chi connectivity index (χ1) is 11.1. The largest absolute Gasteiger partial charge is 0.477 e. The molecule has 5 unspecified atom stereocenters. The Hall–Kier alpha value is -1.32. The molecule has 3 N–H and O–H groups in total. The maximum Gasteiger partial charge on any atom is 0.372 e. The molecule has 0 amide bonds. The lowest BCUT2D eigenvalue weighted by Crippen LogP contribution is -2.62. The van der Waals surface area contributed by atoms with Crippen LogP contribution < -0.4 is 0 Å². The number of carbonyl (C=O) groups is 2. The topological polar surface area (TPSA) is 113 Å². The number of carbonyl (C=O) groups excluding carboxylic acids is 1. The molecule has 1 saturated heterocycles. The summed E-state index contributed by atoms with van der Waals surface area (Å²) in [7, 11) is 0. The zero-order valence-electron chi connectivity index (χ0n) is 13.8. The van der Waals surface area contributed by atoms with Crippen LogP contribution in [0.5, 0.6) is 0 Å². The van der Waals surface area contributed by atoms with Gasteiger partial charge in [-0.3, -0.25) is 4.79 Å². The Morgan fingerprint density at radius 3 is 2.38 bits per heavy atom. The molecular weight excluding hydrogens is 330 g/mol. The number of esters is 1. The number of carboxylic acids is 1. The number of ether oxygens (including phenoxy) is 2. The van der Waals surface area contributed by atoms with Gasteiger partial charge in [0.1, 0.15) is 18.8 Å². The summed E-state index contributed by atoms with van der Waals surface area (Å²) in [5.41, 5.74) is 0. The summed E-state index contributed by atoms with van der Waals surface area (Å²) in [4.78, 5) is 22.3. The number of hydrogen-bond acceptors (Lipinski definition) is 6. The van der Waals surface area contributed by atoms with Crippen LogP contribution in [0.4, 0.5) is 8.78 Å². The van der Waals surface area contributed by atoms with E-state index < -0.39 is 60.7 Å². The Morgan fingerprint density at radius 1 is 1.29 bits per heavy atom. The molecule has 1 aliphatic rings. The van der Waals surface area contributed by atoms with Crippen molar-refractivity contribution >= 4 is 11.9 Å². The molecule has 0 aromatic rings. The zero-order chi connectivity index (χ0) is 18.7. The van der Waals surface area contributed by atoms with Crippen molar-refractivity contribution in [2.75, 3.05) is 6.61 Å². The highest BCUT2D eigenvalue weighted by Gasteiger charge is 2.60. The molecule has 1 fully saturated rings. The molecule has 0 radical (unpaired) electrons. The van der Waals surface area contributed by atoms with Crippen molar-refractivity contribution in [3.05, 3.63) is 0 Å². The van der Waals surface area contributed by atoms with Crippen molar-refractivity contribution in [3.63, 3.8) is 0 Å². The summed E-state index contributed by atoms with van der Waals surface area (Å²) in [6.45, 7) is 3.93. The van der Waals surface area contributed by atoms with Crippen molar-refractivity contribution in [2.24, 2.45) is 11.8 Å². The monoisotopic (exact) mass is 354 g/mol. The minimum Gasteiger partial charge on any atom is -0.477 e. The fourth-order valence-electron chi connectivity index (χ4n) is 2.60. The van der Waals surface area contributed by atoms with Gasteiger partial charge in [-0.2, -0.15) is 4.39 Å². The summed E-state index contributed by atoms with van der Waals surface area (Å²) >= 11 is 0. The normalized spacial score (nSPS) is 36.0. The van der Waals surface area contributed by atoms with Crippen LogP contribution in [0.3, 0.4) is 0 Å². The molecule has 140 valence electrons. The van der Waals surface area contributed by atoms with Crippen LogP contribution in [-0.4, -0.2) is 64.2 Å². The summed E-state index contributed by atoms with van der Waals surface area (Å²) < 4.78 is 37.8. The lowest BCUT2D eigenvalue weighted by atomic mass is 9.78. The van der Waals surface area contributed by atoms with Gasteiger partial charge in [-0.25, -0.2) is 9.18 Å². The van der Waals surface area contributed by atoms with Crippen LogP contribution in [0, 0.1) is 11.8 Å². The van der Waals surface area contributed by atoms with Crippen LogP contribution in [0.2, 0.25) is 0 Å². The van der Waals surface area contributed by atoms with Gasteiger partial charge < -0.3 is 24.8 Å². The van der Waals surface area contributed by atoms with Crippen molar-refractivity contribution in [3.8, 4) is 0 Å². The molecule has 0 bridgehead atoms. The summed E-state index contributed by atoms with van der Waals surface area (Å²) in [5, 5.41) is 28.9. The van der Waals surface area contributed by atoms with Gasteiger partial charge in [-0.1, -0.05) is 20.8 Å². The third-order valence-electron chi connectivity index (χ3n) is 4.36. The molecule has 0 aromatic heterocycles. The molecule has 0 aromatic carbocycles. The average Bonchev–Trinajstić information content (AvgIpc) is 2.53. The summed E-state index contributed by atoms with van der Waals surface area (Å²) in [5.74, 6) is -8.19. The highest BCUT2D eigenvalue weighted by atomic mass is 19.2. The van der Waals surface area contributed by atoms with E-state index in [9.17, 15) is 28.6 Å². The van der Waals surface area contributed by atoms with Gasteiger partial charge in [0.2, 0.25) is 0 Å². The molecule has 0 spiro atoms. The van der Waals surface area contributed by atoms with Crippen LogP contribution in [0.1, 0.15) is 33.6 Å². The molecule has 0 saturated carbocycles. The standard InChI is InChI=1S/C15H24F2O7/c1-4-5-10(19)23-6-9(18)11(20)12-7(2)8(3)13(16)15(17,24-12)14(21)22/h7-9,11-13,18,20H,4-6H2,1-3H3,(H,21,22)/t7?,8?,9-,11-,12?,13?,15?/m1/s1. The van der Waals surface area contributed by atoms with Crippen LogP contribution in [-0.2, 0) is 19.1 Å². The number of hydrogen-bond donors (Lipinski definition) is 3. The van der Waals surface area contributed by atoms with Crippen molar-refractivity contribution < 1.29 is 43.2 Å². The van der Waals surface area contributed by atoms with E-state index in [-0.39, 0.29) is 6.42 Å². The smallest absolute Gasteiger partial charge is 0.372 e. The molecule has 1 aliphatic heterocycles. The first-order valence-corrected chi connectivity index (χ1v) is 7.82. The number of aliphatic hydroxyl groups excluding tert-OH is 2. The Morgan fingerprint density at radius 2 is 1.88 bits per heavy atom. The highest BCUT2D eigenvalue weighted by Crippen LogP contribution is 2.41. The Balaban J connectivity index is 2.82. The van der Waals surface area contributed by atoms with Gasteiger partial charge in [0.05, 0.1) is 6.10 Å². The minimum atomic E-state index is -3.61. The van der Waals surface area contributed by atoms with E-state index in [0.29, 0.717) is 6.42 Å². The lowest BCUT2D eigenvalue weighted by molar-refractivity contribution is -0.291. The second-order valence-corrected chi connectivity index (χ2v) is 6.14. The highest BCUT2D eigenvalue weighted by molar-refractivity contribution is 5.76. The Bertz CT molecular complexity index is 461. The molecule has 0 aliphatic carbocycles. The fraction of sp³-hybridized carbons (Fsp3) is 0.867. The van der Waals surface area contributed by atoms with Crippen molar-refractivity contribution in [1.82, 2.24) is 0 Å². The predicted molar refractivity (Wildman–Crippen MR) is 77.5 cm³/mol. The van der Waals surface area contributed by atoms with Gasteiger partial charge in [-0.05, 0) is 18.3 Å². The van der Waals surface area contributed by atoms with E-state index in [0.717, 1.165) is 0 Å². The zero-order valence-corrected chi connectivity index (χ0v) is 13.8. The van der Waals surface area contributed by atoms with Crippen LogP contribution in [0.25, 0.3) is 0 Å². The molecular formula is C15H24F2O7. The first kappa shape index (κ1) is 20.7. The van der Waals surface area contributed by atoms with E-state index in [4.69, 9.17) is 9.84 Å². The van der Waals surface area contributed by atoms with E-state index in [1.807, 2.05) is 0 Å². The molecule has 24 heavy (non-hydrogen) atoms. The molecule has 7 atom stereocenters. The second-order valence-electron chi connectivity index (χ2n) is 6.14. The van der Waals surface area contributed by atoms with Gasteiger partial charge in [0.15, 0.2) is 6.17 Å². The summed E-state index contributed by atoms with van der Waals surface area (Å²) in [6.07, 6.45) is -6.61. The number of rotatable bonds is 7. The van der Waals surface area contributed by atoms with Gasteiger partial charge in [-0.15, -0.1) is 0 Å². The number of aliphatic carboxylic acids is 1. The van der Waals surface area contributed by atoms with E-state index in [1.165, 1.54) is 13.8 Å². The Kier molecular flexibility index (Phi) is 7.06. The third-order valence-corrected chi connectivity index (χ3v) is 4.36.